The Hall–Kier alpha value is -0.610. The van der Waals surface area contributed by atoms with Crippen LogP contribution >= 0.6 is 0 Å². The monoisotopic (exact) mass is 186 g/mol. The quantitative estimate of drug-likeness (QED) is 0.599. The molecule has 0 aromatic rings. The number of carbonyl (C=O) groups is 1. The van der Waals surface area contributed by atoms with Gasteiger partial charge < -0.3 is 15.0 Å². The zero-order valence-corrected chi connectivity index (χ0v) is 8.38. The molecule has 1 rings (SSSR count). The van der Waals surface area contributed by atoms with Crippen LogP contribution in [0.5, 0.6) is 0 Å². The van der Waals surface area contributed by atoms with Crippen LogP contribution < -0.4 is 5.32 Å². The molecule has 4 heteroatoms. The summed E-state index contributed by atoms with van der Waals surface area (Å²) in [5, 5.41) is 3.09. The van der Waals surface area contributed by atoms with Crippen LogP contribution in [0.1, 0.15) is 6.42 Å². The summed E-state index contributed by atoms with van der Waals surface area (Å²) in [7, 11) is 3.54. The van der Waals surface area contributed by atoms with Gasteiger partial charge in [0.05, 0.1) is 5.92 Å². The van der Waals surface area contributed by atoms with Crippen molar-refractivity contribution in [3.8, 4) is 0 Å². The number of amides is 1. The van der Waals surface area contributed by atoms with Crippen molar-refractivity contribution < 1.29 is 9.53 Å². The summed E-state index contributed by atoms with van der Waals surface area (Å²) in [6.07, 6.45) is 0.916. The fourth-order valence-corrected chi connectivity index (χ4v) is 1.33. The van der Waals surface area contributed by atoms with Gasteiger partial charge in [0.15, 0.2) is 0 Å². The SMILES string of the molecule is COCCCN(C)C(=O)C1CNC1. The normalized spacial score (nSPS) is 16.8. The summed E-state index contributed by atoms with van der Waals surface area (Å²) < 4.78 is 4.92. The van der Waals surface area contributed by atoms with Gasteiger partial charge >= 0.3 is 0 Å². The van der Waals surface area contributed by atoms with E-state index in [1.165, 1.54) is 0 Å². The van der Waals surface area contributed by atoms with Gasteiger partial charge in [-0.05, 0) is 6.42 Å². The number of carbonyl (C=O) groups excluding carboxylic acids is 1. The first kappa shape index (κ1) is 10.5. The summed E-state index contributed by atoms with van der Waals surface area (Å²) >= 11 is 0. The lowest BCUT2D eigenvalue weighted by molar-refractivity contribution is -0.135. The average molecular weight is 186 g/mol. The third-order valence-corrected chi connectivity index (χ3v) is 2.35. The third-order valence-electron chi connectivity index (χ3n) is 2.35. The highest BCUT2D eigenvalue weighted by atomic mass is 16.5. The minimum atomic E-state index is 0.215. The molecule has 0 aromatic carbocycles. The number of hydrogen-bond donors (Lipinski definition) is 1. The number of ether oxygens (including phenoxy) is 1. The molecule has 1 fully saturated rings. The highest BCUT2D eigenvalue weighted by Gasteiger charge is 2.26. The van der Waals surface area contributed by atoms with Crippen molar-refractivity contribution in [3.63, 3.8) is 0 Å². The zero-order chi connectivity index (χ0) is 9.68. The third kappa shape index (κ3) is 2.97. The zero-order valence-electron chi connectivity index (χ0n) is 8.38. The van der Waals surface area contributed by atoms with Gasteiger partial charge in [-0.25, -0.2) is 0 Å². The molecule has 0 saturated carbocycles. The van der Waals surface area contributed by atoms with Crippen LogP contribution in [0.3, 0.4) is 0 Å². The van der Waals surface area contributed by atoms with Gasteiger partial charge in [-0.15, -0.1) is 0 Å². The molecule has 1 amide bonds. The molecule has 1 aliphatic rings. The second kappa shape index (κ2) is 5.19. The van der Waals surface area contributed by atoms with E-state index in [0.717, 1.165) is 32.7 Å². The van der Waals surface area contributed by atoms with Crippen LogP contribution in [0.25, 0.3) is 0 Å². The van der Waals surface area contributed by atoms with E-state index >= 15 is 0 Å². The fourth-order valence-electron chi connectivity index (χ4n) is 1.33. The number of nitrogens with zero attached hydrogens (tertiary/aromatic N) is 1. The van der Waals surface area contributed by atoms with Gasteiger partial charge in [-0.2, -0.15) is 0 Å². The lowest BCUT2D eigenvalue weighted by Gasteiger charge is -2.30. The number of methoxy groups -OCH3 is 1. The predicted octanol–water partition coefficient (Wildman–Crippen LogP) is -0.299. The fraction of sp³-hybridized carbons (Fsp3) is 0.889. The van der Waals surface area contributed by atoms with E-state index in [0.29, 0.717) is 0 Å². The first-order valence-electron chi connectivity index (χ1n) is 4.70. The van der Waals surface area contributed by atoms with Crippen LogP contribution in [0.2, 0.25) is 0 Å². The molecule has 4 nitrogen and oxygen atoms in total. The molecule has 76 valence electrons. The summed E-state index contributed by atoms with van der Waals surface area (Å²) in [5.41, 5.74) is 0. The molecule has 0 atom stereocenters. The van der Waals surface area contributed by atoms with E-state index in [-0.39, 0.29) is 11.8 Å². The van der Waals surface area contributed by atoms with Gasteiger partial charge in [-0.1, -0.05) is 0 Å². The molecule has 0 aromatic heterocycles. The molecule has 0 spiro atoms. The Morgan fingerprint density at radius 1 is 1.62 bits per heavy atom. The molecule has 1 aliphatic heterocycles. The van der Waals surface area contributed by atoms with Crippen LogP contribution in [0.4, 0.5) is 0 Å². The smallest absolute Gasteiger partial charge is 0.227 e. The molecule has 1 N–H and O–H groups in total. The van der Waals surface area contributed by atoms with Gasteiger partial charge in [0.2, 0.25) is 5.91 Å². The Balaban J connectivity index is 2.13. The van der Waals surface area contributed by atoms with E-state index in [9.17, 15) is 4.79 Å². The highest BCUT2D eigenvalue weighted by Crippen LogP contribution is 2.06. The Labute approximate surface area is 79.2 Å². The van der Waals surface area contributed by atoms with Crippen molar-refractivity contribution in [3.05, 3.63) is 0 Å². The molecular formula is C9H18N2O2. The molecular weight excluding hydrogens is 168 g/mol. The van der Waals surface area contributed by atoms with E-state index in [1.807, 2.05) is 7.05 Å². The molecule has 1 heterocycles. The summed E-state index contributed by atoms with van der Waals surface area (Å²) in [6.45, 7) is 3.20. The van der Waals surface area contributed by atoms with Crippen molar-refractivity contribution in [2.45, 2.75) is 6.42 Å². The maximum Gasteiger partial charge on any atom is 0.227 e. The van der Waals surface area contributed by atoms with Crippen LogP contribution in [0, 0.1) is 5.92 Å². The van der Waals surface area contributed by atoms with Gasteiger partial charge in [-0.3, -0.25) is 4.79 Å². The van der Waals surface area contributed by atoms with Crippen LogP contribution in [0.15, 0.2) is 0 Å². The minimum absolute atomic E-state index is 0.215. The average Bonchev–Trinajstić information content (AvgIpc) is 2.01. The van der Waals surface area contributed by atoms with E-state index in [1.54, 1.807) is 12.0 Å². The molecule has 0 radical (unpaired) electrons. The summed E-state index contributed by atoms with van der Waals surface area (Å²) in [6, 6.07) is 0. The van der Waals surface area contributed by atoms with Gasteiger partial charge in [0, 0.05) is 40.4 Å². The second-order valence-electron chi connectivity index (χ2n) is 3.46. The first-order valence-corrected chi connectivity index (χ1v) is 4.70. The second-order valence-corrected chi connectivity index (χ2v) is 3.46. The Kier molecular flexibility index (Phi) is 4.18. The van der Waals surface area contributed by atoms with E-state index < -0.39 is 0 Å². The van der Waals surface area contributed by atoms with E-state index in [4.69, 9.17) is 4.74 Å². The predicted molar refractivity (Wildman–Crippen MR) is 50.5 cm³/mol. The van der Waals surface area contributed by atoms with Crippen LogP contribution in [-0.4, -0.2) is 51.2 Å². The van der Waals surface area contributed by atoms with Crippen molar-refractivity contribution >= 4 is 5.91 Å². The van der Waals surface area contributed by atoms with Crippen molar-refractivity contribution in [1.82, 2.24) is 10.2 Å². The summed E-state index contributed by atoms with van der Waals surface area (Å²) in [4.78, 5) is 13.4. The molecule has 0 bridgehead atoms. The highest BCUT2D eigenvalue weighted by molar-refractivity contribution is 5.79. The summed E-state index contributed by atoms with van der Waals surface area (Å²) in [5.74, 6) is 0.474. The van der Waals surface area contributed by atoms with Crippen LogP contribution in [-0.2, 0) is 9.53 Å². The molecule has 1 saturated heterocycles. The lowest BCUT2D eigenvalue weighted by Crippen LogP contribution is -2.51. The maximum atomic E-state index is 11.6. The number of rotatable bonds is 5. The largest absolute Gasteiger partial charge is 0.385 e. The minimum Gasteiger partial charge on any atom is -0.385 e. The Morgan fingerprint density at radius 3 is 2.77 bits per heavy atom. The van der Waals surface area contributed by atoms with Gasteiger partial charge in [0.25, 0.3) is 0 Å². The van der Waals surface area contributed by atoms with E-state index in [2.05, 4.69) is 5.32 Å². The Bertz CT molecular complexity index is 169. The lowest BCUT2D eigenvalue weighted by atomic mass is 10.0. The number of hydrogen-bond acceptors (Lipinski definition) is 3. The molecule has 0 unspecified atom stereocenters. The number of nitrogens with one attached hydrogen (secondary N) is 1. The van der Waals surface area contributed by atoms with Crippen molar-refractivity contribution in [2.24, 2.45) is 5.92 Å². The molecule has 0 aliphatic carbocycles. The first-order chi connectivity index (χ1) is 6.25. The maximum absolute atomic E-state index is 11.6. The van der Waals surface area contributed by atoms with Gasteiger partial charge in [0.1, 0.15) is 0 Å². The van der Waals surface area contributed by atoms with Crippen molar-refractivity contribution in [2.75, 3.05) is 40.4 Å². The van der Waals surface area contributed by atoms with Crippen molar-refractivity contribution in [1.29, 1.82) is 0 Å². The molecule has 13 heavy (non-hydrogen) atoms. The topological polar surface area (TPSA) is 41.6 Å². The standard InChI is InChI=1S/C9H18N2O2/c1-11(4-3-5-13-2)9(12)8-6-10-7-8/h8,10H,3-7H2,1-2H3. The Morgan fingerprint density at radius 2 is 2.31 bits per heavy atom.